The molecule has 4 rings (SSSR count). The summed E-state index contributed by atoms with van der Waals surface area (Å²) in [7, 11) is -1.95. The Morgan fingerprint density at radius 3 is 2.54 bits per heavy atom. The van der Waals surface area contributed by atoms with Crippen LogP contribution in [0.1, 0.15) is 43.7 Å². The van der Waals surface area contributed by atoms with Gasteiger partial charge in [-0.25, -0.2) is 18.1 Å². The number of imidazole rings is 1. The molecule has 1 amide bonds. The van der Waals surface area contributed by atoms with Gasteiger partial charge in [-0.05, 0) is 18.4 Å². The number of rotatable bonds is 6. The molecule has 150 valence electrons. The van der Waals surface area contributed by atoms with Gasteiger partial charge in [0.15, 0.2) is 5.03 Å². The summed E-state index contributed by atoms with van der Waals surface area (Å²) in [6.07, 6.45) is 8.08. The summed E-state index contributed by atoms with van der Waals surface area (Å²) in [5.41, 5.74) is 0.830. The van der Waals surface area contributed by atoms with Gasteiger partial charge in [-0.15, -0.1) is 0 Å². The molecule has 1 aromatic heterocycles. The van der Waals surface area contributed by atoms with E-state index in [1.54, 1.807) is 11.6 Å². The van der Waals surface area contributed by atoms with E-state index in [-0.39, 0.29) is 28.9 Å². The van der Waals surface area contributed by atoms with Crippen molar-refractivity contribution in [2.45, 2.75) is 43.2 Å². The highest BCUT2D eigenvalue weighted by molar-refractivity contribution is 7.89. The van der Waals surface area contributed by atoms with Gasteiger partial charge in [-0.1, -0.05) is 49.6 Å². The molecule has 1 aliphatic heterocycles. The third-order valence-electron chi connectivity index (χ3n) is 5.98. The summed E-state index contributed by atoms with van der Waals surface area (Å²) in [5, 5.41) is -0.00621. The third-order valence-corrected chi connectivity index (χ3v) is 7.33. The van der Waals surface area contributed by atoms with E-state index in [9.17, 15) is 13.2 Å². The maximum Gasteiger partial charge on any atom is 0.259 e. The van der Waals surface area contributed by atoms with Crippen molar-refractivity contribution in [1.29, 1.82) is 0 Å². The van der Waals surface area contributed by atoms with Gasteiger partial charge in [0.1, 0.15) is 0 Å². The van der Waals surface area contributed by atoms with Gasteiger partial charge in [0.25, 0.3) is 10.0 Å². The first kappa shape index (κ1) is 19.1. The Morgan fingerprint density at radius 1 is 1.18 bits per heavy atom. The molecule has 1 spiro atoms. The second-order valence-corrected chi connectivity index (χ2v) is 9.52. The number of benzene rings is 1. The van der Waals surface area contributed by atoms with Crippen LogP contribution in [0.2, 0.25) is 0 Å². The predicted octanol–water partition coefficient (Wildman–Crippen LogP) is 2.23. The fraction of sp³-hybridized carbons (Fsp3) is 0.500. The van der Waals surface area contributed by atoms with Crippen LogP contribution < -0.4 is 4.72 Å². The Labute approximate surface area is 165 Å². The lowest BCUT2D eigenvalue weighted by molar-refractivity contribution is -0.178. The first-order chi connectivity index (χ1) is 13.4. The molecule has 2 aliphatic rings. The third kappa shape index (κ3) is 3.24. The first-order valence-electron chi connectivity index (χ1n) is 9.78. The predicted molar refractivity (Wildman–Crippen MR) is 105 cm³/mol. The Hall–Kier alpha value is -2.19. The molecule has 1 aromatic carbocycles. The lowest BCUT2D eigenvalue weighted by Gasteiger charge is -2.58. The van der Waals surface area contributed by atoms with Crippen LogP contribution in [0.15, 0.2) is 47.9 Å². The number of hydrogen-bond donors (Lipinski definition) is 1. The van der Waals surface area contributed by atoms with Gasteiger partial charge >= 0.3 is 0 Å². The highest BCUT2D eigenvalue weighted by Gasteiger charge is 2.60. The molecule has 7 nitrogen and oxygen atoms in total. The minimum atomic E-state index is -3.67. The van der Waals surface area contributed by atoms with E-state index in [2.05, 4.69) is 21.8 Å². The maximum absolute atomic E-state index is 13.1. The highest BCUT2D eigenvalue weighted by atomic mass is 32.2. The first-order valence-corrected chi connectivity index (χ1v) is 11.3. The molecule has 2 fully saturated rings. The van der Waals surface area contributed by atoms with Crippen LogP contribution in [0.3, 0.4) is 0 Å². The largest absolute Gasteiger partial charge is 0.339 e. The number of nitrogens with zero attached hydrogens (tertiary/aromatic N) is 3. The summed E-state index contributed by atoms with van der Waals surface area (Å²) in [6, 6.07) is 10.1. The van der Waals surface area contributed by atoms with Crippen LogP contribution in [0.25, 0.3) is 0 Å². The summed E-state index contributed by atoms with van der Waals surface area (Å²) in [6.45, 7) is 0.524. The van der Waals surface area contributed by atoms with Crippen molar-refractivity contribution in [2.75, 3.05) is 13.1 Å². The molecule has 0 bridgehead atoms. The highest BCUT2D eigenvalue weighted by Crippen LogP contribution is 2.57. The van der Waals surface area contributed by atoms with E-state index in [4.69, 9.17) is 0 Å². The smallest absolute Gasteiger partial charge is 0.259 e. The van der Waals surface area contributed by atoms with E-state index in [0.29, 0.717) is 6.54 Å². The minimum Gasteiger partial charge on any atom is -0.339 e. The van der Waals surface area contributed by atoms with Gasteiger partial charge in [0.05, 0.1) is 17.8 Å². The number of aryl methyl sites for hydroxylation is 1. The lowest BCUT2D eigenvalue weighted by Crippen LogP contribution is -2.64. The molecular weight excluding hydrogens is 376 g/mol. The van der Waals surface area contributed by atoms with E-state index >= 15 is 0 Å². The zero-order valence-electron chi connectivity index (χ0n) is 16.0. The number of amides is 1. The summed E-state index contributed by atoms with van der Waals surface area (Å²) < 4.78 is 28.9. The maximum atomic E-state index is 13.1. The molecule has 1 aliphatic carbocycles. The standard InChI is InChI=1S/C20H26N4O3S/c1-23-14-17(21-15-23)28(26,27)22-12-13-24-18(16-8-4-2-5-9-16)20(19(24)25)10-6-3-7-11-20/h2,4-5,8-9,14-15,18,22H,3,6-7,10-13H2,1H3. The average Bonchev–Trinajstić information content (AvgIpc) is 3.15. The average molecular weight is 403 g/mol. The molecule has 2 heterocycles. The zero-order valence-corrected chi connectivity index (χ0v) is 16.9. The summed E-state index contributed by atoms with van der Waals surface area (Å²) >= 11 is 0. The van der Waals surface area contributed by atoms with Crippen molar-refractivity contribution < 1.29 is 13.2 Å². The fourth-order valence-corrected chi connectivity index (χ4v) is 5.69. The van der Waals surface area contributed by atoms with Gasteiger partial charge in [-0.2, -0.15) is 0 Å². The number of hydrogen-bond acceptors (Lipinski definition) is 4. The molecule has 1 unspecified atom stereocenters. The van der Waals surface area contributed by atoms with Crippen molar-refractivity contribution in [1.82, 2.24) is 19.2 Å². The van der Waals surface area contributed by atoms with Crippen LogP contribution in [0.4, 0.5) is 0 Å². The molecule has 1 atom stereocenters. The monoisotopic (exact) mass is 402 g/mol. The van der Waals surface area contributed by atoms with Gasteiger partial charge in [0.2, 0.25) is 5.91 Å². The second kappa shape index (κ2) is 7.33. The molecule has 0 radical (unpaired) electrons. The fourth-order valence-electron chi connectivity index (χ4n) is 4.69. The van der Waals surface area contributed by atoms with E-state index in [1.807, 2.05) is 23.1 Å². The van der Waals surface area contributed by atoms with E-state index in [1.165, 1.54) is 18.9 Å². The number of carbonyl (C=O) groups excluding carboxylic acids is 1. The van der Waals surface area contributed by atoms with Crippen molar-refractivity contribution in [3.8, 4) is 0 Å². The van der Waals surface area contributed by atoms with Crippen LogP contribution in [0, 0.1) is 5.41 Å². The quantitative estimate of drug-likeness (QED) is 0.751. The van der Waals surface area contributed by atoms with Gasteiger partial charge in [-0.3, -0.25) is 4.79 Å². The molecular formula is C20H26N4O3S. The Balaban J connectivity index is 1.48. The summed E-state index contributed by atoms with van der Waals surface area (Å²) in [5.74, 6) is 0.165. The van der Waals surface area contributed by atoms with Crippen LogP contribution in [0.5, 0.6) is 0 Å². The Kier molecular flexibility index (Phi) is 5.01. The molecule has 8 heteroatoms. The van der Waals surface area contributed by atoms with Crippen LogP contribution >= 0.6 is 0 Å². The molecule has 1 N–H and O–H groups in total. The van der Waals surface area contributed by atoms with Gasteiger partial charge in [0, 0.05) is 26.3 Å². The van der Waals surface area contributed by atoms with Crippen molar-refractivity contribution in [2.24, 2.45) is 12.5 Å². The van der Waals surface area contributed by atoms with E-state index in [0.717, 1.165) is 31.2 Å². The number of nitrogens with one attached hydrogen (secondary N) is 1. The molecule has 1 saturated carbocycles. The summed E-state index contributed by atoms with van der Waals surface area (Å²) in [4.78, 5) is 18.8. The SMILES string of the molecule is Cn1cnc(S(=O)(=O)NCCN2C(=O)C3(CCCCC3)C2c2ccccc2)c1. The molecule has 2 aromatic rings. The molecule has 28 heavy (non-hydrogen) atoms. The second-order valence-electron chi connectivity index (χ2n) is 7.80. The van der Waals surface area contributed by atoms with Crippen molar-refractivity contribution >= 4 is 15.9 Å². The topological polar surface area (TPSA) is 84.3 Å². The minimum absolute atomic E-state index is 0.00621. The van der Waals surface area contributed by atoms with Crippen molar-refractivity contribution in [3.63, 3.8) is 0 Å². The van der Waals surface area contributed by atoms with Gasteiger partial charge < -0.3 is 9.47 Å². The van der Waals surface area contributed by atoms with Crippen LogP contribution in [-0.2, 0) is 21.9 Å². The normalized spacial score (nSPS) is 21.7. The Bertz CT molecular complexity index is 949. The number of sulfonamides is 1. The number of carbonyl (C=O) groups is 1. The number of β-lactam (4-membered cyclic amide) rings is 1. The number of likely N-dealkylation sites (tertiary alicyclic amines) is 1. The van der Waals surface area contributed by atoms with Crippen LogP contribution in [-0.4, -0.2) is 41.9 Å². The number of aromatic nitrogens is 2. The lowest BCUT2D eigenvalue weighted by atomic mass is 9.60. The Morgan fingerprint density at radius 2 is 1.89 bits per heavy atom. The molecule has 1 saturated heterocycles. The van der Waals surface area contributed by atoms with Crippen molar-refractivity contribution in [3.05, 3.63) is 48.4 Å². The zero-order chi connectivity index (χ0) is 19.8. The van der Waals surface area contributed by atoms with E-state index < -0.39 is 10.0 Å².